The smallest absolute Gasteiger partial charge is 0.328 e. The lowest BCUT2D eigenvalue weighted by Crippen LogP contribution is -2.37. The number of hydrogen-bond donors (Lipinski definition) is 2. The van der Waals surface area contributed by atoms with E-state index in [1.807, 2.05) is 37.4 Å². The quantitative estimate of drug-likeness (QED) is 0.692. The summed E-state index contributed by atoms with van der Waals surface area (Å²) in [6.07, 6.45) is 2.62. The van der Waals surface area contributed by atoms with Crippen LogP contribution < -0.4 is 14.8 Å². The Morgan fingerprint density at radius 1 is 1.22 bits per heavy atom. The highest BCUT2D eigenvalue weighted by atomic mass is 16.7. The second-order valence-corrected chi connectivity index (χ2v) is 6.79. The van der Waals surface area contributed by atoms with E-state index in [1.165, 1.54) is 0 Å². The summed E-state index contributed by atoms with van der Waals surface area (Å²) >= 11 is 0. The van der Waals surface area contributed by atoms with Crippen LogP contribution in [0.2, 0.25) is 0 Å². The number of ether oxygens (including phenoxy) is 3. The maximum Gasteiger partial charge on any atom is 0.328 e. The van der Waals surface area contributed by atoms with Gasteiger partial charge >= 0.3 is 5.97 Å². The number of esters is 1. The van der Waals surface area contributed by atoms with Crippen molar-refractivity contribution in [2.24, 2.45) is 0 Å². The maximum absolute atomic E-state index is 12.5. The molecule has 1 aromatic heterocycles. The molecule has 2 atom stereocenters. The number of nitrogens with one attached hydrogen (secondary N) is 2. The second kappa shape index (κ2) is 6.23. The fourth-order valence-corrected chi connectivity index (χ4v) is 4.13. The van der Waals surface area contributed by atoms with Gasteiger partial charge in [0.05, 0.1) is 6.61 Å². The van der Waals surface area contributed by atoms with Crippen molar-refractivity contribution in [3.8, 4) is 11.5 Å². The number of carbonyl (C=O) groups excluding carboxylic acids is 1. The van der Waals surface area contributed by atoms with E-state index in [4.69, 9.17) is 14.2 Å². The summed E-state index contributed by atoms with van der Waals surface area (Å²) in [4.78, 5) is 15.8. The van der Waals surface area contributed by atoms with Crippen molar-refractivity contribution in [2.75, 3.05) is 18.7 Å². The fourth-order valence-electron chi connectivity index (χ4n) is 4.13. The van der Waals surface area contributed by atoms with Crippen LogP contribution >= 0.6 is 0 Å². The van der Waals surface area contributed by atoms with Crippen LogP contribution in [-0.2, 0) is 9.53 Å². The van der Waals surface area contributed by atoms with Crippen LogP contribution in [0.15, 0.2) is 42.6 Å². The molecule has 6 nitrogen and oxygen atoms in total. The normalized spacial score (nSPS) is 20.2. The topological polar surface area (TPSA) is 72.6 Å². The highest BCUT2D eigenvalue weighted by Crippen LogP contribution is 2.50. The zero-order valence-electron chi connectivity index (χ0n) is 15.0. The molecule has 2 aliphatic heterocycles. The molecule has 6 heteroatoms. The van der Waals surface area contributed by atoms with Gasteiger partial charge < -0.3 is 24.5 Å². The number of hydrogen-bond acceptors (Lipinski definition) is 5. The first-order valence-electron chi connectivity index (χ1n) is 9.18. The lowest BCUT2D eigenvalue weighted by Gasteiger charge is -2.32. The predicted octanol–water partition coefficient (Wildman–Crippen LogP) is 3.78. The van der Waals surface area contributed by atoms with Crippen molar-refractivity contribution < 1.29 is 19.0 Å². The Morgan fingerprint density at radius 3 is 3.00 bits per heavy atom. The molecule has 0 saturated carbocycles. The minimum absolute atomic E-state index is 0.0107. The number of benzene rings is 2. The Labute approximate surface area is 156 Å². The van der Waals surface area contributed by atoms with Crippen LogP contribution in [0.1, 0.15) is 30.4 Å². The summed E-state index contributed by atoms with van der Waals surface area (Å²) in [7, 11) is 0. The largest absolute Gasteiger partial charge is 0.464 e. The van der Waals surface area contributed by atoms with E-state index in [0.717, 1.165) is 39.2 Å². The number of carbonyl (C=O) groups is 1. The molecule has 0 radical (unpaired) electrons. The van der Waals surface area contributed by atoms with Gasteiger partial charge in [-0.05, 0) is 37.1 Å². The molecule has 0 amide bonds. The zero-order chi connectivity index (χ0) is 18.4. The molecule has 27 heavy (non-hydrogen) atoms. The zero-order valence-corrected chi connectivity index (χ0v) is 15.0. The lowest BCUT2D eigenvalue weighted by molar-refractivity contribution is -0.144. The van der Waals surface area contributed by atoms with Gasteiger partial charge in [0.15, 0.2) is 11.5 Å². The first-order chi connectivity index (χ1) is 13.3. The van der Waals surface area contributed by atoms with E-state index in [9.17, 15) is 4.79 Å². The molecule has 2 aliphatic rings. The van der Waals surface area contributed by atoms with Gasteiger partial charge in [0.2, 0.25) is 6.79 Å². The molecule has 0 saturated heterocycles. The molecule has 0 spiro atoms. The minimum Gasteiger partial charge on any atom is -0.464 e. The molecule has 138 valence electrons. The number of anilines is 1. The molecular formula is C21H20N2O4. The van der Waals surface area contributed by atoms with Gasteiger partial charge in [-0.25, -0.2) is 4.79 Å². The molecule has 0 fully saturated rings. The maximum atomic E-state index is 12.5. The molecule has 0 aliphatic carbocycles. The van der Waals surface area contributed by atoms with Crippen LogP contribution in [0.5, 0.6) is 11.5 Å². The first kappa shape index (κ1) is 16.1. The number of aromatic amines is 1. The molecule has 0 bridgehead atoms. The highest BCUT2D eigenvalue weighted by molar-refractivity contribution is 5.87. The summed E-state index contributed by atoms with van der Waals surface area (Å²) in [6, 6.07) is 11.6. The van der Waals surface area contributed by atoms with Crippen molar-refractivity contribution in [1.82, 2.24) is 4.98 Å². The Morgan fingerprint density at radius 2 is 2.11 bits per heavy atom. The molecule has 5 rings (SSSR count). The van der Waals surface area contributed by atoms with E-state index in [-0.39, 0.29) is 18.7 Å². The van der Waals surface area contributed by atoms with Gasteiger partial charge in [0, 0.05) is 34.3 Å². The predicted molar refractivity (Wildman–Crippen MR) is 101 cm³/mol. The van der Waals surface area contributed by atoms with Gasteiger partial charge in [-0.1, -0.05) is 18.2 Å². The van der Waals surface area contributed by atoms with Crippen molar-refractivity contribution in [1.29, 1.82) is 0 Å². The van der Waals surface area contributed by atoms with Gasteiger partial charge in [-0.3, -0.25) is 0 Å². The summed E-state index contributed by atoms with van der Waals surface area (Å²) in [5, 5.41) is 4.48. The van der Waals surface area contributed by atoms with Crippen molar-refractivity contribution in [2.45, 2.75) is 25.3 Å². The van der Waals surface area contributed by atoms with Crippen molar-refractivity contribution in [3.05, 3.63) is 53.7 Å². The van der Waals surface area contributed by atoms with Crippen molar-refractivity contribution >= 4 is 22.6 Å². The van der Waals surface area contributed by atoms with Gasteiger partial charge in [-0.2, -0.15) is 0 Å². The molecule has 3 heterocycles. The van der Waals surface area contributed by atoms with E-state index in [2.05, 4.69) is 22.4 Å². The number of H-pyrrole nitrogens is 1. The number of fused-ring (bicyclic) bond motifs is 4. The van der Waals surface area contributed by atoms with Gasteiger partial charge in [-0.15, -0.1) is 0 Å². The molecular weight excluding hydrogens is 344 g/mol. The third-order valence-electron chi connectivity index (χ3n) is 5.30. The minimum atomic E-state index is -0.406. The van der Waals surface area contributed by atoms with E-state index >= 15 is 0 Å². The van der Waals surface area contributed by atoms with E-state index < -0.39 is 6.04 Å². The lowest BCUT2D eigenvalue weighted by atomic mass is 9.81. The van der Waals surface area contributed by atoms with Crippen LogP contribution in [0.3, 0.4) is 0 Å². The Bertz CT molecular complexity index is 1030. The molecule has 3 aromatic rings. The number of rotatable bonds is 3. The van der Waals surface area contributed by atoms with Crippen LogP contribution in [0.4, 0.5) is 5.69 Å². The standard InChI is InChI=1S/C21H20N2O4/c1-2-25-21(24)17-9-13(14-10-22-15-6-4-3-5-12(14)15)19-16(23-17)7-8-18-20(19)27-11-26-18/h3-8,10,13,17,22-23H,2,9,11H2,1H3/t13-,17-/m0/s1. The average molecular weight is 364 g/mol. The van der Waals surface area contributed by atoms with E-state index in [1.54, 1.807) is 0 Å². The Kier molecular flexibility index (Phi) is 3.70. The third kappa shape index (κ3) is 2.51. The summed E-state index contributed by atoms with van der Waals surface area (Å²) < 4.78 is 16.6. The summed E-state index contributed by atoms with van der Waals surface area (Å²) in [5.74, 6) is 1.27. The van der Waals surface area contributed by atoms with Gasteiger partial charge in [0.25, 0.3) is 0 Å². The highest BCUT2D eigenvalue weighted by Gasteiger charge is 2.37. The average Bonchev–Trinajstić information content (AvgIpc) is 3.34. The van der Waals surface area contributed by atoms with E-state index in [0.29, 0.717) is 13.0 Å². The van der Waals surface area contributed by atoms with Crippen molar-refractivity contribution in [3.63, 3.8) is 0 Å². The summed E-state index contributed by atoms with van der Waals surface area (Å²) in [5.41, 5.74) is 4.14. The third-order valence-corrected chi connectivity index (χ3v) is 5.30. The molecule has 2 N–H and O–H groups in total. The molecule has 0 unspecified atom stereocenters. The van der Waals surface area contributed by atoms with Crippen LogP contribution in [0.25, 0.3) is 10.9 Å². The molecule has 2 aromatic carbocycles. The Hall–Kier alpha value is -3.15. The van der Waals surface area contributed by atoms with Crippen LogP contribution in [0, 0.1) is 0 Å². The number of aromatic nitrogens is 1. The van der Waals surface area contributed by atoms with Crippen LogP contribution in [-0.4, -0.2) is 30.4 Å². The summed E-state index contributed by atoms with van der Waals surface area (Å²) in [6.45, 7) is 2.40. The Balaban J connectivity index is 1.67. The monoisotopic (exact) mass is 364 g/mol. The van der Waals surface area contributed by atoms with Gasteiger partial charge in [0.1, 0.15) is 6.04 Å². The fraction of sp³-hybridized carbons (Fsp3) is 0.286. The first-order valence-corrected chi connectivity index (χ1v) is 9.18. The number of para-hydroxylation sites is 1. The SMILES string of the molecule is CCOC(=O)[C@@H]1C[C@@H](c2c[nH]c3ccccc23)c2c(ccc3c2OCO3)N1. The second-order valence-electron chi connectivity index (χ2n) is 6.79.